The highest BCUT2D eigenvalue weighted by molar-refractivity contribution is 5.81. The molecule has 2 aliphatic rings. The molecule has 3 unspecified atom stereocenters. The second-order valence-electron chi connectivity index (χ2n) is 6.94. The summed E-state index contributed by atoms with van der Waals surface area (Å²) in [6.07, 6.45) is 5.39. The number of carbonyl (C=O) groups excluding carboxylic acids is 2. The van der Waals surface area contributed by atoms with Gasteiger partial charge >= 0.3 is 5.97 Å². The Bertz CT molecular complexity index is 359. The van der Waals surface area contributed by atoms with E-state index in [0.29, 0.717) is 12.0 Å². The quantitative estimate of drug-likeness (QED) is 0.796. The number of ether oxygens (including phenoxy) is 1. The molecular formula is C15H25NO3. The zero-order valence-corrected chi connectivity index (χ0v) is 12.2. The van der Waals surface area contributed by atoms with Crippen LogP contribution in [0.4, 0.5) is 0 Å². The minimum atomic E-state index is -0.474. The zero-order chi connectivity index (χ0) is 14.0. The first kappa shape index (κ1) is 14.4. The first-order valence-electron chi connectivity index (χ1n) is 7.35. The largest absolute Gasteiger partial charge is 0.460 e. The number of amides is 1. The van der Waals surface area contributed by atoms with E-state index in [0.717, 1.165) is 12.3 Å². The van der Waals surface area contributed by atoms with Crippen molar-refractivity contribution in [3.63, 3.8) is 0 Å². The van der Waals surface area contributed by atoms with Crippen molar-refractivity contribution >= 4 is 11.9 Å². The third-order valence-electron chi connectivity index (χ3n) is 4.06. The molecule has 108 valence electrons. The van der Waals surface area contributed by atoms with Crippen LogP contribution in [0.1, 0.15) is 59.3 Å². The number of esters is 1. The van der Waals surface area contributed by atoms with Gasteiger partial charge in [-0.2, -0.15) is 0 Å². The average Bonchev–Trinajstić information content (AvgIpc) is 2.85. The molecule has 19 heavy (non-hydrogen) atoms. The van der Waals surface area contributed by atoms with Crippen LogP contribution in [0.15, 0.2) is 0 Å². The molecule has 3 atom stereocenters. The standard InChI is InChI=1S/C15H25NO3/c1-15(2,3)19-14(18)7-6-13(17)16-12-9-10-4-5-11(12)8-10/h10-12H,4-9H2,1-3H3,(H,16,17). The van der Waals surface area contributed by atoms with E-state index in [1.165, 1.54) is 19.3 Å². The molecule has 0 spiro atoms. The Kier molecular flexibility index (Phi) is 4.16. The Morgan fingerprint density at radius 3 is 2.42 bits per heavy atom. The van der Waals surface area contributed by atoms with Gasteiger partial charge in [0.15, 0.2) is 0 Å². The van der Waals surface area contributed by atoms with Crippen LogP contribution in [0.5, 0.6) is 0 Å². The second-order valence-corrected chi connectivity index (χ2v) is 6.94. The van der Waals surface area contributed by atoms with Crippen molar-refractivity contribution < 1.29 is 14.3 Å². The molecule has 0 aliphatic heterocycles. The molecule has 0 heterocycles. The van der Waals surface area contributed by atoms with Crippen molar-refractivity contribution in [1.29, 1.82) is 0 Å². The molecule has 0 aromatic rings. The Morgan fingerprint density at radius 2 is 1.89 bits per heavy atom. The van der Waals surface area contributed by atoms with Gasteiger partial charge in [-0.3, -0.25) is 9.59 Å². The summed E-state index contributed by atoms with van der Waals surface area (Å²) >= 11 is 0. The van der Waals surface area contributed by atoms with Crippen molar-refractivity contribution in [2.75, 3.05) is 0 Å². The monoisotopic (exact) mass is 267 g/mol. The van der Waals surface area contributed by atoms with Gasteiger partial charge in [0.25, 0.3) is 0 Å². The molecule has 2 saturated carbocycles. The summed E-state index contributed by atoms with van der Waals surface area (Å²) in [6.45, 7) is 5.50. The Morgan fingerprint density at radius 1 is 1.16 bits per heavy atom. The molecule has 2 aliphatic carbocycles. The van der Waals surface area contributed by atoms with Gasteiger partial charge in [-0.15, -0.1) is 0 Å². The van der Waals surface area contributed by atoms with E-state index in [4.69, 9.17) is 4.74 Å². The molecule has 0 aromatic heterocycles. The maximum atomic E-state index is 11.8. The van der Waals surface area contributed by atoms with Gasteiger partial charge < -0.3 is 10.1 Å². The SMILES string of the molecule is CC(C)(C)OC(=O)CCC(=O)NC1CC2CCC1C2. The highest BCUT2D eigenvalue weighted by Gasteiger charge is 2.39. The van der Waals surface area contributed by atoms with Crippen LogP contribution in [0.2, 0.25) is 0 Å². The fourth-order valence-electron chi connectivity index (χ4n) is 3.31. The normalized spacial score (nSPS) is 29.3. The number of hydrogen-bond acceptors (Lipinski definition) is 3. The molecule has 4 heteroatoms. The van der Waals surface area contributed by atoms with E-state index in [9.17, 15) is 9.59 Å². The summed E-state index contributed by atoms with van der Waals surface area (Å²) in [6, 6.07) is 0.352. The van der Waals surface area contributed by atoms with Crippen molar-refractivity contribution in [2.24, 2.45) is 11.8 Å². The van der Waals surface area contributed by atoms with Crippen molar-refractivity contribution in [1.82, 2.24) is 5.32 Å². The van der Waals surface area contributed by atoms with Gasteiger partial charge in [-0.05, 0) is 51.9 Å². The molecule has 0 saturated heterocycles. The van der Waals surface area contributed by atoms with E-state index in [1.54, 1.807) is 0 Å². The van der Waals surface area contributed by atoms with Crippen LogP contribution >= 0.6 is 0 Å². The highest BCUT2D eigenvalue weighted by atomic mass is 16.6. The number of rotatable bonds is 4. The van der Waals surface area contributed by atoms with E-state index in [1.807, 2.05) is 20.8 Å². The van der Waals surface area contributed by atoms with E-state index >= 15 is 0 Å². The first-order valence-corrected chi connectivity index (χ1v) is 7.35. The van der Waals surface area contributed by atoms with E-state index < -0.39 is 5.60 Å². The number of carbonyl (C=O) groups is 2. The topological polar surface area (TPSA) is 55.4 Å². The lowest BCUT2D eigenvalue weighted by atomic mass is 9.95. The third kappa shape index (κ3) is 4.22. The van der Waals surface area contributed by atoms with Gasteiger partial charge in [0.2, 0.25) is 5.91 Å². The van der Waals surface area contributed by atoms with Crippen LogP contribution in [0.25, 0.3) is 0 Å². The summed E-state index contributed by atoms with van der Waals surface area (Å²) < 4.78 is 5.19. The summed E-state index contributed by atoms with van der Waals surface area (Å²) in [5.41, 5.74) is -0.474. The maximum Gasteiger partial charge on any atom is 0.306 e. The molecule has 2 rings (SSSR count). The predicted molar refractivity (Wildman–Crippen MR) is 72.5 cm³/mol. The Balaban J connectivity index is 1.66. The van der Waals surface area contributed by atoms with Gasteiger partial charge in [0, 0.05) is 12.5 Å². The lowest BCUT2D eigenvalue weighted by molar-refractivity contribution is -0.155. The van der Waals surface area contributed by atoms with Crippen LogP contribution in [0.3, 0.4) is 0 Å². The molecule has 2 fully saturated rings. The highest BCUT2D eigenvalue weighted by Crippen LogP contribution is 2.44. The van der Waals surface area contributed by atoms with Gasteiger partial charge in [-0.1, -0.05) is 6.42 Å². The minimum absolute atomic E-state index is 0.0107. The molecule has 1 N–H and O–H groups in total. The Labute approximate surface area is 115 Å². The van der Waals surface area contributed by atoms with Crippen molar-refractivity contribution in [2.45, 2.75) is 70.9 Å². The molecule has 4 nitrogen and oxygen atoms in total. The summed E-state index contributed by atoms with van der Waals surface area (Å²) in [4.78, 5) is 23.4. The molecular weight excluding hydrogens is 242 g/mol. The molecule has 2 bridgehead atoms. The minimum Gasteiger partial charge on any atom is -0.460 e. The molecule has 0 radical (unpaired) electrons. The lowest BCUT2D eigenvalue weighted by Gasteiger charge is -2.23. The number of fused-ring (bicyclic) bond motifs is 2. The lowest BCUT2D eigenvalue weighted by Crippen LogP contribution is -2.38. The Hall–Kier alpha value is -1.06. The van der Waals surface area contributed by atoms with Crippen molar-refractivity contribution in [3.05, 3.63) is 0 Å². The van der Waals surface area contributed by atoms with Crippen LogP contribution in [-0.2, 0) is 14.3 Å². The number of nitrogens with one attached hydrogen (secondary N) is 1. The molecule has 0 aromatic carbocycles. The fourth-order valence-corrected chi connectivity index (χ4v) is 3.31. The van der Waals surface area contributed by atoms with E-state index in [2.05, 4.69) is 5.32 Å². The third-order valence-corrected chi connectivity index (χ3v) is 4.06. The maximum absolute atomic E-state index is 11.8. The van der Waals surface area contributed by atoms with E-state index in [-0.39, 0.29) is 24.7 Å². The average molecular weight is 267 g/mol. The fraction of sp³-hybridized carbons (Fsp3) is 0.867. The van der Waals surface area contributed by atoms with Crippen LogP contribution < -0.4 is 5.32 Å². The number of hydrogen-bond donors (Lipinski definition) is 1. The summed E-state index contributed by atoms with van der Waals surface area (Å²) in [7, 11) is 0. The molecule has 1 amide bonds. The van der Waals surface area contributed by atoms with Gasteiger partial charge in [0.1, 0.15) is 5.60 Å². The zero-order valence-electron chi connectivity index (χ0n) is 12.2. The summed E-state index contributed by atoms with van der Waals surface area (Å²) in [5, 5.41) is 3.08. The van der Waals surface area contributed by atoms with Crippen LogP contribution in [0, 0.1) is 11.8 Å². The second kappa shape index (κ2) is 5.51. The van der Waals surface area contributed by atoms with Crippen LogP contribution in [-0.4, -0.2) is 23.5 Å². The predicted octanol–water partition coefficient (Wildman–Crippen LogP) is 2.41. The first-order chi connectivity index (χ1) is 8.83. The summed E-state index contributed by atoms with van der Waals surface area (Å²) in [5.74, 6) is 1.19. The van der Waals surface area contributed by atoms with Gasteiger partial charge in [0.05, 0.1) is 6.42 Å². The van der Waals surface area contributed by atoms with Gasteiger partial charge in [-0.25, -0.2) is 0 Å². The smallest absolute Gasteiger partial charge is 0.306 e. The van der Waals surface area contributed by atoms with Crippen molar-refractivity contribution in [3.8, 4) is 0 Å².